The molecule has 0 saturated heterocycles. The fourth-order valence-corrected chi connectivity index (χ4v) is 5.94. The van der Waals surface area contributed by atoms with Gasteiger partial charge in [0, 0.05) is 13.0 Å². The van der Waals surface area contributed by atoms with Gasteiger partial charge < -0.3 is 18.9 Å². The lowest BCUT2D eigenvalue weighted by Crippen LogP contribution is -2.37. The maximum absolute atomic E-state index is 12.7. The Kier molecular flexibility index (Phi) is 36.9. The van der Waals surface area contributed by atoms with Gasteiger partial charge in [-0.2, -0.15) is 0 Å². The number of quaternary nitrogens is 1. The zero-order chi connectivity index (χ0) is 40.6. The standard InChI is InChI=1S/C46H80NO7P/c1-6-8-10-12-14-16-18-20-22-23-24-25-26-27-29-31-33-35-37-39-46(48)54-45(44-53-55(49,50)52-42-40-47(3,4)5)43-51-41-38-36-34-32-30-28-21-19-17-15-13-11-9-7-2/h8-11,14-17,20-22,24-25,28,45H,6-7,12-13,18-19,23,26-27,29-44H2,1-5H3/p+1/b10-8-,11-9-,16-14-,17-15-,22-20-,25-24-,28-21-. The molecule has 0 aromatic carbocycles. The monoisotopic (exact) mass is 791 g/mol. The highest BCUT2D eigenvalue weighted by atomic mass is 31.2. The number of ether oxygens (including phenoxy) is 2. The summed E-state index contributed by atoms with van der Waals surface area (Å²) in [6.07, 6.45) is 50.4. The third-order valence-corrected chi connectivity index (χ3v) is 9.44. The number of esters is 1. The molecule has 0 aliphatic rings. The van der Waals surface area contributed by atoms with Crippen LogP contribution in [0.1, 0.15) is 142 Å². The van der Waals surface area contributed by atoms with Gasteiger partial charge in [-0.3, -0.25) is 13.8 Å². The van der Waals surface area contributed by atoms with Crippen LogP contribution in [0, 0.1) is 0 Å². The van der Waals surface area contributed by atoms with Gasteiger partial charge in [-0.1, -0.05) is 137 Å². The SMILES string of the molecule is CC/C=C\C/C=C\C/C=C\C/C=C\CCCCCCCCC(=O)OC(COCCCCCC/C=C\C/C=C\C/C=C\CC)COP(=O)(O)OCC[N+](C)(C)C. The van der Waals surface area contributed by atoms with Crippen LogP contribution in [0.4, 0.5) is 0 Å². The van der Waals surface area contributed by atoms with Crippen LogP contribution >= 0.6 is 7.82 Å². The second-order valence-electron chi connectivity index (χ2n) is 15.0. The number of allylic oxidation sites excluding steroid dienone is 14. The van der Waals surface area contributed by atoms with Crippen molar-refractivity contribution < 1.29 is 37.3 Å². The van der Waals surface area contributed by atoms with E-state index in [1.54, 1.807) is 0 Å². The first-order chi connectivity index (χ1) is 26.6. The van der Waals surface area contributed by atoms with E-state index in [0.29, 0.717) is 24.1 Å². The van der Waals surface area contributed by atoms with Crippen molar-refractivity contribution >= 4 is 13.8 Å². The van der Waals surface area contributed by atoms with Gasteiger partial charge in [-0.05, 0) is 83.5 Å². The number of nitrogens with zero attached hydrogens (tertiary/aromatic N) is 1. The van der Waals surface area contributed by atoms with E-state index < -0.39 is 13.9 Å². The second kappa shape index (κ2) is 38.5. The van der Waals surface area contributed by atoms with Crippen molar-refractivity contribution in [2.24, 2.45) is 0 Å². The second-order valence-corrected chi connectivity index (χ2v) is 16.4. The summed E-state index contributed by atoms with van der Waals surface area (Å²) >= 11 is 0. The van der Waals surface area contributed by atoms with Crippen LogP contribution in [0.3, 0.4) is 0 Å². The molecule has 0 bridgehead atoms. The molecule has 316 valence electrons. The third-order valence-electron chi connectivity index (χ3n) is 8.45. The molecule has 1 N–H and O–H groups in total. The number of hydrogen-bond acceptors (Lipinski definition) is 6. The molecule has 9 heteroatoms. The predicted molar refractivity (Wildman–Crippen MR) is 233 cm³/mol. The Bertz CT molecular complexity index is 1150. The van der Waals surface area contributed by atoms with Crippen LogP contribution in [0.15, 0.2) is 85.1 Å². The van der Waals surface area contributed by atoms with Crippen LogP contribution in [0.25, 0.3) is 0 Å². The molecule has 0 aromatic heterocycles. The Balaban J connectivity index is 4.33. The minimum atomic E-state index is -4.29. The van der Waals surface area contributed by atoms with Gasteiger partial charge in [-0.25, -0.2) is 4.57 Å². The summed E-state index contributed by atoms with van der Waals surface area (Å²) in [7, 11) is 1.62. The van der Waals surface area contributed by atoms with Gasteiger partial charge >= 0.3 is 13.8 Å². The average molecular weight is 791 g/mol. The number of rotatable bonds is 38. The molecule has 0 spiro atoms. The van der Waals surface area contributed by atoms with Crippen molar-refractivity contribution in [3.05, 3.63) is 85.1 Å². The zero-order valence-electron chi connectivity index (χ0n) is 35.6. The van der Waals surface area contributed by atoms with E-state index in [2.05, 4.69) is 98.9 Å². The highest BCUT2D eigenvalue weighted by Gasteiger charge is 2.26. The Morgan fingerprint density at radius 2 is 1.00 bits per heavy atom. The normalized spacial score (nSPS) is 14.7. The van der Waals surface area contributed by atoms with Crippen LogP contribution in [-0.4, -0.2) is 75.6 Å². The van der Waals surface area contributed by atoms with E-state index in [4.69, 9.17) is 18.5 Å². The summed E-state index contributed by atoms with van der Waals surface area (Å²) in [6, 6.07) is 0. The molecular weight excluding hydrogens is 709 g/mol. The molecule has 0 fully saturated rings. The van der Waals surface area contributed by atoms with E-state index >= 15 is 0 Å². The summed E-state index contributed by atoms with van der Waals surface area (Å²) < 4.78 is 34.9. The van der Waals surface area contributed by atoms with Crippen molar-refractivity contribution in [2.75, 3.05) is 54.1 Å². The molecule has 2 unspecified atom stereocenters. The molecule has 55 heavy (non-hydrogen) atoms. The van der Waals surface area contributed by atoms with Crippen molar-refractivity contribution in [2.45, 2.75) is 148 Å². The highest BCUT2D eigenvalue weighted by molar-refractivity contribution is 7.47. The number of phosphoric ester groups is 1. The molecule has 0 aromatic rings. The molecule has 0 aliphatic carbocycles. The third kappa shape index (κ3) is 42.7. The summed E-state index contributed by atoms with van der Waals surface area (Å²) in [6.45, 7) is 5.29. The molecule has 0 saturated carbocycles. The van der Waals surface area contributed by atoms with Gasteiger partial charge in [-0.15, -0.1) is 0 Å². The van der Waals surface area contributed by atoms with Crippen molar-refractivity contribution in [3.8, 4) is 0 Å². The first-order valence-corrected chi connectivity index (χ1v) is 22.8. The highest BCUT2D eigenvalue weighted by Crippen LogP contribution is 2.43. The minimum Gasteiger partial charge on any atom is -0.457 e. The Hall–Kier alpha value is -2.32. The molecule has 0 rings (SSSR count). The first kappa shape index (κ1) is 52.7. The molecule has 0 amide bonds. The fraction of sp³-hybridized carbons (Fsp3) is 0.674. The van der Waals surface area contributed by atoms with Crippen LogP contribution in [-0.2, 0) is 27.9 Å². The summed E-state index contributed by atoms with van der Waals surface area (Å²) in [5, 5.41) is 0. The van der Waals surface area contributed by atoms with Crippen LogP contribution < -0.4 is 0 Å². The minimum absolute atomic E-state index is 0.0758. The molecule has 0 aliphatic heterocycles. The van der Waals surface area contributed by atoms with Crippen molar-refractivity contribution in [1.29, 1.82) is 0 Å². The summed E-state index contributed by atoms with van der Waals surface area (Å²) in [5.41, 5.74) is 0. The van der Waals surface area contributed by atoms with Gasteiger partial charge in [0.2, 0.25) is 0 Å². The van der Waals surface area contributed by atoms with Gasteiger partial charge in [0.05, 0.1) is 34.4 Å². The van der Waals surface area contributed by atoms with Gasteiger partial charge in [0.1, 0.15) is 19.3 Å². The van der Waals surface area contributed by atoms with Gasteiger partial charge in [0.15, 0.2) is 0 Å². The number of phosphoric acid groups is 1. The predicted octanol–water partition coefficient (Wildman–Crippen LogP) is 12.5. The average Bonchev–Trinajstić information content (AvgIpc) is 3.13. The smallest absolute Gasteiger partial charge is 0.457 e. The van der Waals surface area contributed by atoms with Gasteiger partial charge in [0.25, 0.3) is 0 Å². The Labute approximate surface area is 337 Å². The number of unbranched alkanes of at least 4 members (excludes halogenated alkanes) is 10. The molecule has 0 heterocycles. The quantitative estimate of drug-likeness (QED) is 0.0219. The zero-order valence-corrected chi connectivity index (χ0v) is 36.5. The Morgan fingerprint density at radius 1 is 0.564 bits per heavy atom. The van der Waals surface area contributed by atoms with E-state index in [1.807, 2.05) is 21.1 Å². The van der Waals surface area contributed by atoms with E-state index in [0.717, 1.165) is 109 Å². The van der Waals surface area contributed by atoms with Crippen molar-refractivity contribution in [1.82, 2.24) is 0 Å². The summed E-state index contributed by atoms with van der Waals surface area (Å²) in [5.74, 6) is -0.341. The number of hydrogen-bond donors (Lipinski definition) is 1. The Morgan fingerprint density at radius 3 is 1.49 bits per heavy atom. The maximum atomic E-state index is 12.7. The van der Waals surface area contributed by atoms with E-state index in [9.17, 15) is 14.3 Å². The first-order valence-electron chi connectivity index (χ1n) is 21.3. The number of carbonyl (C=O) groups is 1. The van der Waals surface area contributed by atoms with E-state index in [1.165, 1.54) is 12.8 Å². The lowest BCUT2D eigenvalue weighted by molar-refractivity contribution is -0.870. The number of carbonyl (C=O) groups excluding carboxylic acids is 1. The van der Waals surface area contributed by atoms with Crippen LogP contribution in [0.5, 0.6) is 0 Å². The fourth-order valence-electron chi connectivity index (χ4n) is 5.20. The topological polar surface area (TPSA) is 91.3 Å². The molecular formula is C46H81NO7P+. The lowest BCUT2D eigenvalue weighted by Gasteiger charge is -2.24. The van der Waals surface area contributed by atoms with Crippen LogP contribution in [0.2, 0.25) is 0 Å². The molecule has 0 radical (unpaired) electrons. The largest absolute Gasteiger partial charge is 0.472 e. The summed E-state index contributed by atoms with van der Waals surface area (Å²) in [4.78, 5) is 22.9. The molecule has 8 nitrogen and oxygen atoms in total. The molecule has 2 atom stereocenters. The number of likely N-dealkylation sites (N-methyl/N-ethyl adjacent to an activating group) is 1. The van der Waals surface area contributed by atoms with Crippen molar-refractivity contribution in [3.63, 3.8) is 0 Å². The van der Waals surface area contributed by atoms with E-state index in [-0.39, 0.29) is 25.8 Å². The lowest BCUT2D eigenvalue weighted by atomic mass is 10.1. The maximum Gasteiger partial charge on any atom is 0.472 e.